The fourth-order valence-corrected chi connectivity index (χ4v) is 5.23. The second-order valence-electron chi connectivity index (χ2n) is 10.1. The zero-order chi connectivity index (χ0) is 25.6. The molecule has 186 valence electrons. The van der Waals surface area contributed by atoms with Gasteiger partial charge in [-0.15, -0.1) is 5.73 Å². The molecule has 35 heavy (non-hydrogen) atoms. The van der Waals surface area contributed by atoms with Gasteiger partial charge in [-0.2, -0.15) is 0 Å². The molecule has 2 atom stereocenters. The summed E-state index contributed by atoms with van der Waals surface area (Å²) in [5.74, 6) is 0.175. The molecule has 2 N–H and O–H groups in total. The van der Waals surface area contributed by atoms with Gasteiger partial charge in [0.25, 0.3) is 5.91 Å². The zero-order valence-electron chi connectivity index (χ0n) is 21.7. The minimum Gasteiger partial charge on any atom is -0.355 e. The lowest BCUT2D eigenvalue weighted by molar-refractivity contribution is -0.115. The Hall–Kier alpha value is -3.14. The van der Waals surface area contributed by atoms with Crippen LogP contribution in [0.1, 0.15) is 54.2 Å². The molecule has 0 radical (unpaired) electrons. The number of fused-ring (bicyclic) bond motifs is 1. The van der Waals surface area contributed by atoms with E-state index in [9.17, 15) is 9.59 Å². The van der Waals surface area contributed by atoms with Gasteiger partial charge in [0.05, 0.1) is 17.8 Å². The van der Waals surface area contributed by atoms with Crippen LogP contribution in [0.2, 0.25) is 0 Å². The summed E-state index contributed by atoms with van der Waals surface area (Å²) in [4.78, 5) is 27.4. The fourth-order valence-electron chi connectivity index (χ4n) is 5.23. The molecule has 3 rings (SSSR count). The van der Waals surface area contributed by atoms with E-state index in [0.29, 0.717) is 18.0 Å². The number of hydrogen-bond acceptors (Lipinski definition) is 4. The second-order valence-corrected chi connectivity index (χ2v) is 10.1. The van der Waals surface area contributed by atoms with Crippen molar-refractivity contribution in [3.63, 3.8) is 0 Å². The Morgan fingerprint density at radius 2 is 1.74 bits per heavy atom. The van der Waals surface area contributed by atoms with Crippen LogP contribution in [0.4, 0.5) is 0 Å². The van der Waals surface area contributed by atoms with E-state index < -0.39 is 6.04 Å². The summed E-state index contributed by atoms with van der Waals surface area (Å²) in [6.07, 6.45) is 3.78. The van der Waals surface area contributed by atoms with Gasteiger partial charge in [-0.1, -0.05) is 69.8 Å². The van der Waals surface area contributed by atoms with E-state index in [1.54, 1.807) is 7.05 Å². The molecule has 5 nitrogen and oxygen atoms in total. The largest absolute Gasteiger partial charge is 0.355 e. The van der Waals surface area contributed by atoms with E-state index in [4.69, 9.17) is 0 Å². The first-order valence-corrected chi connectivity index (χ1v) is 12.5. The third-order valence-electron chi connectivity index (χ3n) is 7.66. The molecule has 1 aliphatic carbocycles. The first kappa shape index (κ1) is 26.5. The number of nitrogens with zero attached hydrogens (tertiary/aromatic N) is 1. The summed E-state index contributed by atoms with van der Waals surface area (Å²) in [7, 11) is 3.59. The van der Waals surface area contributed by atoms with Gasteiger partial charge in [0.1, 0.15) is 6.29 Å². The first-order chi connectivity index (χ1) is 16.8. The van der Waals surface area contributed by atoms with Crippen molar-refractivity contribution in [3.05, 3.63) is 88.8 Å². The highest BCUT2D eigenvalue weighted by atomic mass is 16.1. The molecule has 0 aliphatic heterocycles. The monoisotopic (exact) mass is 473 g/mol. The number of benzene rings is 2. The second kappa shape index (κ2) is 11.5. The lowest BCUT2D eigenvalue weighted by atomic mass is 9.80. The predicted octanol–water partition coefficient (Wildman–Crippen LogP) is 4.52. The molecule has 0 saturated heterocycles. The van der Waals surface area contributed by atoms with Gasteiger partial charge in [-0.3, -0.25) is 4.79 Å². The van der Waals surface area contributed by atoms with Crippen molar-refractivity contribution in [3.8, 4) is 0 Å². The molecule has 2 unspecified atom stereocenters. The standard InChI is InChI=1S/C30H39N3O2/c1-7-26(28(31-5)24-17-21-13-9-10-14-22(21)18-24)33(27(20-34)30(3,4)8-2)19-23-15-11-12-16-25(23)29(35)32-6/h9-16,20,24,27-28,31H,1,8,17-19H2,2-6H3,(H,32,35). The molecule has 0 aromatic heterocycles. The van der Waals surface area contributed by atoms with Gasteiger partial charge < -0.3 is 20.3 Å². The van der Waals surface area contributed by atoms with Crippen molar-refractivity contribution in [2.75, 3.05) is 14.1 Å². The maximum Gasteiger partial charge on any atom is 0.251 e. The molecule has 1 aliphatic rings. The number of nitrogens with one attached hydrogen (secondary N) is 2. The number of aldehydes is 1. The average molecular weight is 474 g/mol. The quantitative estimate of drug-likeness (QED) is 0.372. The Bertz CT molecular complexity index is 1080. The van der Waals surface area contributed by atoms with E-state index in [1.165, 1.54) is 11.1 Å². The number of carbonyl (C=O) groups excluding carboxylic acids is 2. The first-order valence-electron chi connectivity index (χ1n) is 12.5. The Morgan fingerprint density at radius 1 is 1.14 bits per heavy atom. The van der Waals surface area contributed by atoms with E-state index in [-0.39, 0.29) is 17.4 Å². The topological polar surface area (TPSA) is 61.4 Å². The average Bonchev–Trinajstić information content (AvgIpc) is 3.30. The Labute approximate surface area is 210 Å². The van der Waals surface area contributed by atoms with E-state index in [0.717, 1.165) is 36.8 Å². The summed E-state index contributed by atoms with van der Waals surface area (Å²) in [6, 6.07) is 15.7. The van der Waals surface area contributed by atoms with Crippen molar-refractivity contribution in [2.45, 2.75) is 58.7 Å². The van der Waals surface area contributed by atoms with Crippen LogP contribution in [-0.2, 0) is 24.2 Å². The van der Waals surface area contributed by atoms with Crippen molar-refractivity contribution < 1.29 is 9.59 Å². The van der Waals surface area contributed by atoms with Crippen LogP contribution in [0.25, 0.3) is 0 Å². The molecular weight excluding hydrogens is 434 g/mol. The van der Waals surface area contributed by atoms with E-state index in [2.05, 4.69) is 72.9 Å². The highest BCUT2D eigenvalue weighted by molar-refractivity contribution is 5.95. The minimum atomic E-state index is -0.408. The molecule has 1 amide bonds. The fraction of sp³-hybridized carbons (Fsp3) is 0.433. The maximum atomic E-state index is 12.6. The Kier molecular flexibility index (Phi) is 8.71. The van der Waals surface area contributed by atoms with Gasteiger partial charge in [-0.25, -0.2) is 0 Å². The van der Waals surface area contributed by atoms with Crippen molar-refractivity contribution in [2.24, 2.45) is 11.3 Å². The summed E-state index contributed by atoms with van der Waals surface area (Å²) in [5, 5.41) is 6.25. The van der Waals surface area contributed by atoms with Crippen LogP contribution in [0.3, 0.4) is 0 Å². The van der Waals surface area contributed by atoms with E-state index in [1.807, 2.05) is 31.3 Å². The summed E-state index contributed by atoms with van der Waals surface area (Å²) >= 11 is 0. The molecule has 0 saturated carbocycles. The van der Waals surface area contributed by atoms with Crippen molar-refractivity contribution >= 4 is 12.2 Å². The summed E-state index contributed by atoms with van der Waals surface area (Å²) in [5.41, 5.74) is 8.02. The lowest BCUT2D eigenvalue weighted by Gasteiger charge is -2.43. The molecular formula is C30H39N3O2. The number of amides is 1. The van der Waals surface area contributed by atoms with Gasteiger partial charge in [0.2, 0.25) is 0 Å². The summed E-state index contributed by atoms with van der Waals surface area (Å²) in [6.45, 7) is 10.8. The summed E-state index contributed by atoms with van der Waals surface area (Å²) < 4.78 is 0. The maximum absolute atomic E-state index is 12.6. The third kappa shape index (κ3) is 5.58. The van der Waals surface area contributed by atoms with Crippen molar-refractivity contribution in [1.82, 2.24) is 15.5 Å². The molecule has 2 aromatic rings. The van der Waals surface area contributed by atoms with Gasteiger partial charge in [0, 0.05) is 19.2 Å². The number of rotatable bonds is 11. The highest BCUT2D eigenvalue weighted by Gasteiger charge is 2.39. The van der Waals surface area contributed by atoms with E-state index >= 15 is 0 Å². The van der Waals surface area contributed by atoms with Crippen LogP contribution in [-0.4, -0.2) is 43.3 Å². The normalized spacial score (nSPS) is 15.0. The Morgan fingerprint density at radius 3 is 2.26 bits per heavy atom. The smallest absolute Gasteiger partial charge is 0.251 e. The predicted molar refractivity (Wildman–Crippen MR) is 142 cm³/mol. The van der Waals surface area contributed by atoms with Gasteiger partial charge in [-0.05, 0) is 60.4 Å². The minimum absolute atomic E-state index is 0.0397. The Balaban J connectivity index is 2.06. The number of hydrogen-bond donors (Lipinski definition) is 2. The molecule has 0 fully saturated rings. The van der Waals surface area contributed by atoms with Crippen LogP contribution in [0, 0.1) is 11.3 Å². The molecule has 0 heterocycles. The SMILES string of the molecule is C=C=C(C(NC)C1Cc2ccccc2C1)N(Cc1ccccc1C(=O)NC)C(C=O)C(C)(C)CC. The molecule has 2 aromatic carbocycles. The highest BCUT2D eigenvalue weighted by Crippen LogP contribution is 2.36. The molecule has 5 heteroatoms. The zero-order valence-corrected chi connectivity index (χ0v) is 21.7. The number of likely N-dealkylation sites (N-methyl/N-ethyl adjacent to an activating group) is 1. The third-order valence-corrected chi connectivity index (χ3v) is 7.66. The van der Waals surface area contributed by atoms with Crippen molar-refractivity contribution in [1.29, 1.82) is 0 Å². The van der Waals surface area contributed by atoms with Gasteiger partial charge >= 0.3 is 0 Å². The molecule has 0 bridgehead atoms. The van der Waals surface area contributed by atoms with Gasteiger partial charge in [0.15, 0.2) is 0 Å². The molecule has 0 spiro atoms. The van der Waals surface area contributed by atoms with Crippen LogP contribution >= 0.6 is 0 Å². The van der Waals surface area contributed by atoms with Crippen LogP contribution in [0.5, 0.6) is 0 Å². The number of carbonyl (C=O) groups is 2. The van der Waals surface area contributed by atoms with Crippen LogP contribution in [0.15, 0.2) is 66.5 Å². The lowest BCUT2D eigenvalue weighted by Crippen LogP contribution is -2.51. The van der Waals surface area contributed by atoms with Crippen LogP contribution < -0.4 is 10.6 Å².